The van der Waals surface area contributed by atoms with Gasteiger partial charge in [-0.1, -0.05) is 6.58 Å². The van der Waals surface area contributed by atoms with Crippen LogP contribution in [0.15, 0.2) is 12.2 Å². The molecule has 0 spiro atoms. The summed E-state index contributed by atoms with van der Waals surface area (Å²) in [7, 11) is 1.57. The van der Waals surface area contributed by atoms with Crippen molar-refractivity contribution >= 4 is 17.7 Å². The van der Waals surface area contributed by atoms with Gasteiger partial charge < -0.3 is 25.4 Å². The van der Waals surface area contributed by atoms with E-state index in [1.165, 1.54) is 12.8 Å². The molecule has 0 aromatic carbocycles. The molecule has 1 saturated carbocycles. The molecule has 2 aliphatic heterocycles. The van der Waals surface area contributed by atoms with E-state index in [2.05, 4.69) is 27.8 Å². The molecule has 1 aliphatic carbocycles. The maximum atomic E-state index is 12.9. The molecule has 2 heterocycles. The molecule has 0 aromatic rings. The number of ether oxygens (including phenoxy) is 2. The van der Waals surface area contributed by atoms with E-state index in [9.17, 15) is 14.4 Å². The van der Waals surface area contributed by atoms with Gasteiger partial charge >= 0.3 is 0 Å². The minimum absolute atomic E-state index is 0.00303. The van der Waals surface area contributed by atoms with Crippen LogP contribution in [0.25, 0.3) is 0 Å². The molecule has 0 bridgehead atoms. The van der Waals surface area contributed by atoms with E-state index in [-0.39, 0.29) is 30.4 Å². The fourth-order valence-electron chi connectivity index (χ4n) is 4.53. The SMILES string of the molecule is C=C(C(=O)NC1CCC(=O)NC1=O)C(C)(OC1CC(NCC2CCNCC2)C1)C(C)OC. The maximum absolute atomic E-state index is 12.9. The van der Waals surface area contributed by atoms with Crippen molar-refractivity contribution in [1.82, 2.24) is 21.3 Å². The number of methoxy groups -OCH3 is 1. The van der Waals surface area contributed by atoms with Gasteiger partial charge in [0.2, 0.25) is 17.7 Å². The summed E-state index contributed by atoms with van der Waals surface area (Å²) < 4.78 is 11.9. The lowest BCUT2D eigenvalue weighted by atomic mass is 9.85. The highest BCUT2D eigenvalue weighted by Crippen LogP contribution is 2.34. The Morgan fingerprint density at radius 3 is 2.56 bits per heavy atom. The minimum Gasteiger partial charge on any atom is -0.378 e. The number of piperidine rings is 2. The van der Waals surface area contributed by atoms with Crippen molar-refractivity contribution in [2.24, 2.45) is 5.92 Å². The van der Waals surface area contributed by atoms with Crippen LogP contribution in [0.5, 0.6) is 0 Å². The van der Waals surface area contributed by atoms with Crippen LogP contribution in [0, 0.1) is 5.92 Å². The molecule has 3 unspecified atom stereocenters. The van der Waals surface area contributed by atoms with E-state index in [1.807, 2.05) is 13.8 Å². The molecule has 9 heteroatoms. The molecule has 32 heavy (non-hydrogen) atoms. The number of hydrogen-bond acceptors (Lipinski definition) is 7. The van der Waals surface area contributed by atoms with E-state index >= 15 is 0 Å². The normalized spacial score (nSPS) is 29.4. The standard InChI is InChI=1S/C23H38N4O5/c1-14(21(29)26-19-5-6-20(28)27-22(19)30)23(3,15(2)31-4)32-18-11-17(12-18)25-13-16-7-9-24-10-8-16/h15-19,24-25H,1,5-13H2,2-4H3,(H,26,29)(H,27,28,30). The first kappa shape index (κ1) is 24.8. The van der Waals surface area contributed by atoms with Crippen LogP contribution in [0.4, 0.5) is 0 Å². The second-order valence-electron chi connectivity index (χ2n) is 9.45. The molecule has 3 aliphatic rings. The second-order valence-corrected chi connectivity index (χ2v) is 9.45. The zero-order chi connectivity index (χ0) is 23.3. The molecule has 9 nitrogen and oxygen atoms in total. The Kier molecular flexibility index (Phi) is 8.43. The first-order valence-electron chi connectivity index (χ1n) is 11.7. The number of carbonyl (C=O) groups excluding carboxylic acids is 3. The summed E-state index contributed by atoms with van der Waals surface area (Å²) in [6, 6.07) is -0.339. The van der Waals surface area contributed by atoms with Gasteiger partial charge in [-0.2, -0.15) is 0 Å². The first-order valence-corrected chi connectivity index (χ1v) is 11.7. The van der Waals surface area contributed by atoms with Gasteiger partial charge in [0.25, 0.3) is 0 Å². The van der Waals surface area contributed by atoms with Crippen LogP contribution in [0.2, 0.25) is 0 Å². The van der Waals surface area contributed by atoms with Crippen LogP contribution in [0.1, 0.15) is 52.4 Å². The summed E-state index contributed by atoms with van der Waals surface area (Å²) in [5.74, 6) is -0.558. The van der Waals surface area contributed by atoms with Crippen molar-refractivity contribution in [3.63, 3.8) is 0 Å². The van der Waals surface area contributed by atoms with Gasteiger partial charge in [-0.25, -0.2) is 0 Å². The molecule has 3 rings (SSSR count). The Balaban J connectivity index is 1.51. The van der Waals surface area contributed by atoms with Crippen molar-refractivity contribution in [2.45, 2.75) is 82.3 Å². The lowest BCUT2D eigenvalue weighted by Crippen LogP contribution is -2.57. The summed E-state index contributed by atoms with van der Waals surface area (Å²) in [6.07, 6.45) is 4.23. The smallest absolute Gasteiger partial charge is 0.250 e. The summed E-state index contributed by atoms with van der Waals surface area (Å²) >= 11 is 0. The predicted octanol–water partition coefficient (Wildman–Crippen LogP) is 0.394. The summed E-state index contributed by atoms with van der Waals surface area (Å²) in [4.78, 5) is 36.3. The van der Waals surface area contributed by atoms with Crippen molar-refractivity contribution in [3.8, 4) is 0 Å². The highest BCUT2D eigenvalue weighted by atomic mass is 16.6. The van der Waals surface area contributed by atoms with Crippen molar-refractivity contribution in [2.75, 3.05) is 26.7 Å². The fraction of sp³-hybridized carbons (Fsp3) is 0.783. The van der Waals surface area contributed by atoms with E-state index in [4.69, 9.17) is 9.47 Å². The third-order valence-corrected chi connectivity index (χ3v) is 7.21. The van der Waals surface area contributed by atoms with Crippen molar-refractivity contribution in [3.05, 3.63) is 12.2 Å². The van der Waals surface area contributed by atoms with E-state index in [1.54, 1.807) is 7.11 Å². The average molecular weight is 451 g/mol. The fourth-order valence-corrected chi connectivity index (χ4v) is 4.53. The van der Waals surface area contributed by atoms with Gasteiger partial charge in [0.15, 0.2) is 0 Å². The molecular weight excluding hydrogens is 412 g/mol. The zero-order valence-corrected chi connectivity index (χ0v) is 19.5. The Hall–Kier alpha value is -1.81. The quantitative estimate of drug-likeness (QED) is 0.281. The molecule has 3 fully saturated rings. The molecule has 3 atom stereocenters. The van der Waals surface area contributed by atoms with E-state index in [0.29, 0.717) is 6.04 Å². The van der Waals surface area contributed by atoms with Crippen LogP contribution in [0.3, 0.4) is 0 Å². The lowest BCUT2D eigenvalue weighted by molar-refractivity contribution is -0.159. The highest BCUT2D eigenvalue weighted by molar-refractivity contribution is 6.03. The first-order chi connectivity index (χ1) is 15.2. The van der Waals surface area contributed by atoms with Crippen LogP contribution in [-0.4, -0.2) is 74.4 Å². The van der Waals surface area contributed by atoms with Gasteiger partial charge in [0.05, 0.1) is 12.2 Å². The Labute approximate surface area is 190 Å². The molecule has 180 valence electrons. The third-order valence-electron chi connectivity index (χ3n) is 7.21. The third kappa shape index (κ3) is 5.95. The number of imide groups is 1. The highest BCUT2D eigenvalue weighted by Gasteiger charge is 2.44. The van der Waals surface area contributed by atoms with Crippen LogP contribution >= 0.6 is 0 Å². The van der Waals surface area contributed by atoms with Crippen molar-refractivity contribution in [1.29, 1.82) is 0 Å². The second kappa shape index (κ2) is 10.9. The van der Waals surface area contributed by atoms with Gasteiger partial charge in [0, 0.05) is 25.1 Å². The number of nitrogens with one attached hydrogen (secondary N) is 4. The molecule has 0 aromatic heterocycles. The van der Waals surface area contributed by atoms with Crippen molar-refractivity contribution < 1.29 is 23.9 Å². The Morgan fingerprint density at radius 2 is 1.94 bits per heavy atom. The Morgan fingerprint density at radius 1 is 1.25 bits per heavy atom. The van der Waals surface area contributed by atoms with Crippen LogP contribution in [-0.2, 0) is 23.9 Å². The molecule has 0 radical (unpaired) electrons. The topological polar surface area (TPSA) is 118 Å². The van der Waals surface area contributed by atoms with Crippen LogP contribution < -0.4 is 21.3 Å². The molecule has 4 N–H and O–H groups in total. The molecule has 2 saturated heterocycles. The van der Waals surface area contributed by atoms with Gasteiger partial charge in [0.1, 0.15) is 11.6 Å². The number of amides is 3. The Bertz CT molecular complexity index is 717. The molecular formula is C23H38N4O5. The van der Waals surface area contributed by atoms with Gasteiger partial charge in [-0.05, 0) is 71.5 Å². The van der Waals surface area contributed by atoms with E-state index in [0.717, 1.165) is 38.4 Å². The summed E-state index contributed by atoms with van der Waals surface area (Å²) in [5.41, 5.74) is -0.826. The number of rotatable bonds is 10. The minimum atomic E-state index is -1.04. The maximum Gasteiger partial charge on any atom is 0.250 e. The summed E-state index contributed by atoms with van der Waals surface area (Å²) in [5, 5.41) is 12.0. The predicted molar refractivity (Wildman–Crippen MR) is 120 cm³/mol. The zero-order valence-electron chi connectivity index (χ0n) is 19.5. The average Bonchev–Trinajstić information content (AvgIpc) is 2.76. The van der Waals surface area contributed by atoms with E-state index < -0.39 is 29.6 Å². The largest absolute Gasteiger partial charge is 0.378 e. The molecule has 3 amide bonds. The summed E-state index contributed by atoms with van der Waals surface area (Å²) in [6.45, 7) is 10.9. The monoisotopic (exact) mass is 450 g/mol. The lowest BCUT2D eigenvalue weighted by Gasteiger charge is -2.45. The van der Waals surface area contributed by atoms with Gasteiger partial charge in [-0.15, -0.1) is 0 Å². The number of carbonyl (C=O) groups is 3. The number of hydrogen-bond donors (Lipinski definition) is 4. The van der Waals surface area contributed by atoms with Gasteiger partial charge in [-0.3, -0.25) is 19.7 Å².